The summed E-state index contributed by atoms with van der Waals surface area (Å²) in [5, 5.41) is 22.2. The Morgan fingerprint density at radius 1 is 0.781 bits per heavy atom. The minimum absolute atomic E-state index is 0. The molecule has 10 heteroatoms. The number of nitrogens with one attached hydrogen (secondary N) is 2. The topological polar surface area (TPSA) is 82.7 Å². The molecule has 2 N–H and O–H groups in total. The summed E-state index contributed by atoms with van der Waals surface area (Å²) < 4.78 is 5.17. The minimum Gasteiger partial charge on any atom is -0.741 e. The number of hydrogen-bond acceptors (Lipinski definition) is 7. The molecule has 0 bridgehead atoms. The van der Waals surface area contributed by atoms with Gasteiger partial charge in [-0.2, -0.15) is 20.4 Å². The van der Waals surface area contributed by atoms with Gasteiger partial charge in [-0.3, -0.25) is 0 Å². The molecule has 2 aromatic carbocycles. The van der Waals surface area contributed by atoms with Crippen LogP contribution in [0.25, 0.3) is 12.2 Å². The molecule has 0 unspecified atom stereocenters. The second-order valence-electron chi connectivity index (χ2n) is 6.28. The van der Waals surface area contributed by atoms with Crippen LogP contribution < -0.4 is 15.4 Å². The Labute approximate surface area is 210 Å². The molecule has 0 fully saturated rings. The third-order valence-electron chi connectivity index (χ3n) is 4.07. The van der Waals surface area contributed by atoms with Crippen LogP contribution in [0.2, 0.25) is 0 Å². The van der Waals surface area contributed by atoms with Gasteiger partial charge in [0, 0.05) is 17.9 Å². The summed E-state index contributed by atoms with van der Waals surface area (Å²) in [5.74, 6) is 0.837. The molecule has 171 valence electrons. The van der Waals surface area contributed by atoms with Gasteiger partial charge < -0.3 is 40.6 Å². The van der Waals surface area contributed by atoms with Crippen molar-refractivity contribution in [3.63, 3.8) is 0 Å². The first-order valence-electron chi connectivity index (χ1n) is 9.37. The standard InChI is InChI=1S/C22H26N6OS2.Cu/c1-15(25-27-21(30)23-3)16(2)26-28-22(31)24-19-11-7-17(8-12-19)5-6-18-9-13-20(29-4)14-10-18;/h5-14H,1-4H3,(H2,23,27,30)(H2,24,28,31);/q;+2/p-2/b6-5+,25-15?,26-16?;. The van der Waals surface area contributed by atoms with E-state index in [1.54, 1.807) is 28.0 Å². The first-order chi connectivity index (χ1) is 14.9. The maximum absolute atomic E-state index is 5.23. The zero-order valence-electron chi connectivity index (χ0n) is 18.1. The van der Waals surface area contributed by atoms with Crippen molar-refractivity contribution < 1.29 is 21.8 Å². The van der Waals surface area contributed by atoms with Crippen molar-refractivity contribution in [3.05, 3.63) is 59.7 Å². The Balaban J connectivity index is 0.00000512. The predicted molar refractivity (Wildman–Crippen MR) is 137 cm³/mol. The number of methoxy groups -OCH3 is 1. The van der Waals surface area contributed by atoms with Gasteiger partial charge in [-0.05, 0) is 54.4 Å². The van der Waals surface area contributed by atoms with Crippen molar-refractivity contribution in [3.8, 4) is 5.75 Å². The molecule has 32 heavy (non-hydrogen) atoms. The van der Waals surface area contributed by atoms with Crippen LogP contribution in [0.15, 0.2) is 68.9 Å². The second kappa shape index (κ2) is 14.3. The van der Waals surface area contributed by atoms with E-state index < -0.39 is 0 Å². The maximum Gasteiger partial charge on any atom is 2.00 e. The summed E-state index contributed by atoms with van der Waals surface area (Å²) in [4.78, 5) is 0. The van der Waals surface area contributed by atoms with E-state index in [4.69, 9.17) is 30.0 Å². The SMILES string of the molecule is CNC([S-])=NN=C(C)C(C)=NN=C([S-])Nc1ccc(/C=C/c2ccc(OC)cc2)cc1.[Cu+2]. The summed E-state index contributed by atoms with van der Waals surface area (Å²) in [7, 11) is 3.34. The van der Waals surface area contributed by atoms with Gasteiger partial charge in [0.15, 0.2) is 0 Å². The zero-order chi connectivity index (χ0) is 22.6. The van der Waals surface area contributed by atoms with Crippen molar-refractivity contribution in [2.24, 2.45) is 20.4 Å². The number of amidine groups is 2. The quantitative estimate of drug-likeness (QED) is 0.145. The molecule has 2 aromatic rings. The molecule has 1 radical (unpaired) electrons. The van der Waals surface area contributed by atoms with E-state index in [1.165, 1.54) is 0 Å². The molecule has 0 atom stereocenters. The van der Waals surface area contributed by atoms with E-state index in [0.29, 0.717) is 16.6 Å². The fourth-order valence-corrected chi connectivity index (χ4v) is 2.37. The van der Waals surface area contributed by atoms with Crippen molar-refractivity contribution in [2.45, 2.75) is 13.8 Å². The summed E-state index contributed by atoms with van der Waals surface area (Å²) in [5.41, 5.74) is 4.16. The monoisotopic (exact) mass is 515 g/mol. The fourth-order valence-electron chi connectivity index (χ4n) is 2.17. The molecule has 0 heterocycles. The van der Waals surface area contributed by atoms with Crippen LogP contribution in [-0.4, -0.2) is 35.9 Å². The van der Waals surface area contributed by atoms with Crippen molar-refractivity contribution >= 4 is 64.9 Å². The van der Waals surface area contributed by atoms with Gasteiger partial charge >= 0.3 is 17.1 Å². The van der Waals surface area contributed by atoms with E-state index in [9.17, 15) is 0 Å². The number of anilines is 1. The number of nitrogens with zero attached hydrogens (tertiary/aromatic N) is 4. The molecule has 2 rings (SSSR count). The van der Waals surface area contributed by atoms with Gasteiger partial charge in [-0.25, -0.2) is 0 Å². The third kappa shape index (κ3) is 9.57. The van der Waals surface area contributed by atoms with Gasteiger partial charge in [0.2, 0.25) is 0 Å². The summed E-state index contributed by atoms with van der Waals surface area (Å²) in [6, 6.07) is 15.7. The zero-order valence-corrected chi connectivity index (χ0v) is 20.7. The van der Waals surface area contributed by atoms with E-state index in [0.717, 1.165) is 22.6 Å². The Bertz CT molecular complexity index is 1020. The number of rotatable bonds is 7. The van der Waals surface area contributed by atoms with Crippen LogP contribution in [0, 0.1) is 0 Å². The Hall–Kier alpha value is -2.78. The minimum atomic E-state index is 0. The van der Waals surface area contributed by atoms with E-state index in [1.807, 2.05) is 60.7 Å². The summed E-state index contributed by atoms with van der Waals surface area (Å²) in [6.45, 7) is 3.54. The Morgan fingerprint density at radius 3 is 1.72 bits per heavy atom. The van der Waals surface area contributed by atoms with E-state index in [2.05, 4.69) is 31.0 Å². The normalized spacial score (nSPS) is 13.0. The van der Waals surface area contributed by atoms with E-state index >= 15 is 0 Å². The molecule has 0 aromatic heterocycles. The first kappa shape index (κ1) is 27.3. The molecule has 7 nitrogen and oxygen atoms in total. The molecule has 0 amide bonds. The second-order valence-corrected chi connectivity index (χ2v) is 7.06. The van der Waals surface area contributed by atoms with Gasteiger partial charge in [-0.15, -0.1) is 0 Å². The van der Waals surface area contributed by atoms with Crippen LogP contribution in [0.3, 0.4) is 0 Å². The molecule has 0 aliphatic heterocycles. The molecular weight excluding hydrogens is 492 g/mol. The van der Waals surface area contributed by atoms with Crippen LogP contribution in [0.5, 0.6) is 5.75 Å². The molecule has 0 saturated carbocycles. The predicted octanol–water partition coefficient (Wildman–Crippen LogP) is 4.05. The molecular formula is C22H24CuN6OS2. The number of ether oxygens (including phenoxy) is 1. The van der Waals surface area contributed by atoms with Gasteiger partial charge in [0.05, 0.1) is 18.5 Å². The fraction of sp³-hybridized carbons (Fsp3) is 0.182. The smallest absolute Gasteiger partial charge is 0.741 e. The van der Waals surface area contributed by atoms with Gasteiger partial charge in [-0.1, -0.05) is 36.4 Å². The molecule has 0 aliphatic rings. The van der Waals surface area contributed by atoms with Crippen LogP contribution >= 0.6 is 0 Å². The van der Waals surface area contributed by atoms with Crippen LogP contribution in [0.1, 0.15) is 25.0 Å². The van der Waals surface area contributed by atoms with Crippen molar-refractivity contribution in [2.75, 3.05) is 19.5 Å². The Kier molecular flexibility index (Phi) is 12.2. The van der Waals surface area contributed by atoms with Gasteiger partial charge in [0.25, 0.3) is 0 Å². The van der Waals surface area contributed by atoms with Crippen molar-refractivity contribution in [1.29, 1.82) is 0 Å². The van der Waals surface area contributed by atoms with E-state index in [-0.39, 0.29) is 22.2 Å². The van der Waals surface area contributed by atoms with Gasteiger partial charge in [0.1, 0.15) is 5.75 Å². The number of benzene rings is 2. The van der Waals surface area contributed by atoms with Crippen LogP contribution in [-0.2, 0) is 42.3 Å². The maximum atomic E-state index is 5.23. The summed E-state index contributed by atoms with van der Waals surface area (Å²) >= 11 is 10.1. The number of hydrogen-bond donors (Lipinski definition) is 2. The average molecular weight is 516 g/mol. The Morgan fingerprint density at radius 2 is 1.25 bits per heavy atom. The molecule has 0 saturated heterocycles. The first-order valence-corrected chi connectivity index (χ1v) is 10.2. The third-order valence-corrected chi connectivity index (χ3v) is 4.53. The molecule has 0 spiro atoms. The van der Waals surface area contributed by atoms with Crippen LogP contribution in [0.4, 0.5) is 5.69 Å². The van der Waals surface area contributed by atoms with Crippen molar-refractivity contribution in [1.82, 2.24) is 5.32 Å². The molecule has 0 aliphatic carbocycles. The summed E-state index contributed by atoms with van der Waals surface area (Å²) in [6.07, 6.45) is 4.08. The average Bonchev–Trinajstić information content (AvgIpc) is 2.80. The largest absolute Gasteiger partial charge is 2.00 e.